The largest absolute Gasteiger partial charge is 0.396 e. The van der Waals surface area contributed by atoms with E-state index in [9.17, 15) is 4.79 Å². The molecule has 4 nitrogen and oxygen atoms in total. The van der Waals surface area contributed by atoms with E-state index in [1.165, 1.54) is 11.1 Å². The number of hydrogen-bond donors (Lipinski definition) is 3. The van der Waals surface area contributed by atoms with Gasteiger partial charge in [0.05, 0.1) is 0 Å². The van der Waals surface area contributed by atoms with Gasteiger partial charge in [0.25, 0.3) is 0 Å². The van der Waals surface area contributed by atoms with Gasteiger partial charge in [-0.2, -0.15) is 0 Å². The molecule has 0 saturated heterocycles. The molecule has 1 aromatic rings. The average molecular weight is 264 g/mol. The zero-order valence-electron chi connectivity index (χ0n) is 11.8. The summed E-state index contributed by atoms with van der Waals surface area (Å²) in [6.45, 7) is 4.71. The van der Waals surface area contributed by atoms with E-state index in [0.717, 1.165) is 12.8 Å². The van der Waals surface area contributed by atoms with Gasteiger partial charge in [-0.05, 0) is 37.3 Å². The van der Waals surface area contributed by atoms with Gasteiger partial charge in [0, 0.05) is 19.2 Å². The molecule has 3 N–H and O–H groups in total. The first-order chi connectivity index (χ1) is 9.15. The summed E-state index contributed by atoms with van der Waals surface area (Å²) in [7, 11) is 0. The van der Waals surface area contributed by atoms with E-state index in [1.807, 2.05) is 6.92 Å². The summed E-state index contributed by atoms with van der Waals surface area (Å²) in [6, 6.07) is 8.27. The van der Waals surface area contributed by atoms with Gasteiger partial charge in [0.2, 0.25) is 0 Å². The Labute approximate surface area is 115 Å². The molecule has 0 aromatic heterocycles. The minimum atomic E-state index is -0.175. The Morgan fingerprint density at radius 3 is 2.47 bits per heavy atom. The third-order valence-electron chi connectivity index (χ3n) is 3.07. The lowest BCUT2D eigenvalue weighted by Crippen LogP contribution is -2.41. The maximum absolute atomic E-state index is 11.5. The van der Waals surface area contributed by atoms with E-state index in [2.05, 4.69) is 41.8 Å². The predicted octanol–water partition coefficient (Wildman–Crippen LogP) is 1.86. The molecule has 0 saturated carbocycles. The van der Waals surface area contributed by atoms with Crippen molar-refractivity contribution in [2.75, 3.05) is 13.2 Å². The summed E-state index contributed by atoms with van der Waals surface area (Å²) in [5.74, 6) is 0. The van der Waals surface area contributed by atoms with Crippen LogP contribution < -0.4 is 10.6 Å². The second-order valence-electron chi connectivity index (χ2n) is 4.73. The molecule has 0 heterocycles. The van der Waals surface area contributed by atoms with Crippen molar-refractivity contribution in [3.05, 3.63) is 35.4 Å². The molecule has 19 heavy (non-hydrogen) atoms. The number of benzene rings is 1. The van der Waals surface area contributed by atoms with E-state index < -0.39 is 0 Å². The quantitative estimate of drug-likeness (QED) is 0.704. The molecule has 0 aliphatic rings. The molecular formula is C15H24N2O2. The van der Waals surface area contributed by atoms with Crippen molar-refractivity contribution in [2.24, 2.45) is 0 Å². The summed E-state index contributed by atoms with van der Waals surface area (Å²) >= 11 is 0. The zero-order chi connectivity index (χ0) is 14.1. The van der Waals surface area contributed by atoms with Gasteiger partial charge in [-0.15, -0.1) is 0 Å². The molecule has 0 spiro atoms. The lowest BCUT2D eigenvalue weighted by Gasteiger charge is -2.13. The fourth-order valence-electron chi connectivity index (χ4n) is 1.80. The van der Waals surface area contributed by atoms with Crippen molar-refractivity contribution in [1.29, 1.82) is 0 Å². The first-order valence-electron chi connectivity index (χ1n) is 6.88. The first-order valence-corrected chi connectivity index (χ1v) is 6.88. The van der Waals surface area contributed by atoms with E-state index in [1.54, 1.807) is 0 Å². The number of aliphatic hydroxyl groups is 1. The van der Waals surface area contributed by atoms with Gasteiger partial charge in [0.1, 0.15) is 0 Å². The van der Waals surface area contributed by atoms with Crippen LogP contribution in [0.15, 0.2) is 24.3 Å². The van der Waals surface area contributed by atoms with Gasteiger partial charge < -0.3 is 15.7 Å². The summed E-state index contributed by atoms with van der Waals surface area (Å²) in [6.07, 6.45) is 2.45. The average Bonchev–Trinajstić information content (AvgIpc) is 2.39. The minimum absolute atomic E-state index is 0.00571. The molecule has 0 bridgehead atoms. The van der Waals surface area contributed by atoms with E-state index >= 15 is 0 Å². The smallest absolute Gasteiger partial charge is 0.315 e. The fourth-order valence-corrected chi connectivity index (χ4v) is 1.80. The Morgan fingerprint density at radius 2 is 1.89 bits per heavy atom. The molecule has 0 radical (unpaired) electrons. The first kappa shape index (κ1) is 15.5. The second-order valence-corrected chi connectivity index (χ2v) is 4.73. The number of amides is 2. The topological polar surface area (TPSA) is 61.4 Å². The van der Waals surface area contributed by atoms with Gasteiger partial charge in [-0.3, -0.25) is 0 Å². The number of urea groups is 1. The van der Waals surface area contributed by atoms with Crippen molar-refractivity contribution in [3.63, 3.8) is 0 Å². The number of carbonyl (C=O) groups excluding carboxylic acids is 1. The van der Waals surface area contributed by atoms with Crippen LogP contribution in [0, 0.1) is 0 Å². The standard InChI is InChI=1S/C15H24N2O2/c1-3-13-4-6-14(7-5-13)8-10-16-15(19)17-12(2)9-11-18/h4-7,12,18H,3,8-11H2,1-2H3,(H2,16,17,19)/t12-/m1/s1. The molecule has 0 unspecified atom stereocenters. The Kier molecular flexibility index (Phi) is 6.97. The van der Waals surface area contributed by atoms with Crippen molar-refractivity contribution in [1.82, 2.24) is 10.6 Å². The van der Waals surface area contributed by atoms with Crippen LogP contribution >= 0.6 is 0 Å². The molecule has 1 rings (SSSR count). The lowest BCUT2D eigenvalue weighted by molar-refractivity contribution is 0.231. The van der Waals surface area contributed by atoms with E-state index in [-0.39, 0.29) is 18.7 Å². The number of nitrogens with one attached hydrogen (secondary N) is 2. The fraction of sp³-hybridized carbons (Fsp3) is 0.533. The maximum Gasteiger partial charge on any atom is 0.315 e. The van der Waals surface area contributed by atoms with Crippen molar-refractivity contribution in [3.8, 4) is 0 Å². The highest BCUT2D eigenvalue weighted by molar-refractivity contribution is 5.74. The summed E-state index contributed by atoms with van der Waals surface area (Å²) in [4.78, 5) is 11.5. The molecule has 2 amide bonds. The monoisotopic (exact) mass is 264 g/mol. The Hall–Kier alpha value is -1.55. The van der Waals surface area contributed by atoms with Gasteiger partial charge >= 0.3 is 6.03 Å². The summed E-state index contributed by atoms with van der Waals surface area (Å²) < 4.78 is 0. The number of aryl methyl sites for hydroxylation is 1. The van der Waals surface area contributed by atoms with Gasteiger partial charge in [0.15, 0.2) is 0 Å². The summed E-state index contributed by atoms with van der Waals surface area (Å²) in [5.41, 5.74) is 2.55. The molecule has 0 aliphatic heterocycles. The summed E-state index contributed by atoms with van der Waals surface area (Å²) in [5, 5.41) is 14.3. The molecule has 0 aliphatic carbocycles. The third kappa shape index (κ3) is 6.25. The highest BCUT2D eigenvalue weighted by atomic mass is 16.3. The van der Waals surface area contributed by atoms with Crippen LogP contribution in [0.2, 0.25) is 0 Å². The Balaban J connectivity index is 2.23. The molecular weight excluding hydrogens is 240 g/mol. The van der Waals surface area contributed by atoms with Crippen molar-refractivity contribution < 1.29 is 9.90 Å². The van der Waals surface area contributed by atoms with E-state index in [0.29, 0.717) is 13.0 Å². The van der Waals surface area contributed by atoms with Crippen LogP contribution in [0.5, 0.6) is 0 Å². The molecule has 0 fully saturated rings. The van der Waals surface area contributed by atoms with Crippen molar-refractivity contribution in [2.45, 2.75) is 39.2 Å². The normalized spacial score (nSPS) is 11.9. The zero-order valence-corrected chi connectivity index (χ0v) is 11.8. The number of hydrogen-bond acceptors (Lipinski definition) is 2. The highest BCUT2D eigenvalue weighted by Crippen LogP contribution is 2.05. The Morgan fingerprint density at radius 1 is 1.26 bits per heavy atom. The van der Waals surface area contributed by atoms with Crippen LogP contribution in [0.1, 0.15) is 31.4 Å². The maximum atomic E-state index is 11.5. The molecule has 106 valence electrons. The minimum Gasteiger partial charge on any atom is -0.396 e. The Bertz CT molecular complexity index is 376. The van der Waals surface area contributed by atoms with Crippen LogP contribution in [-0.2, 0) is 12.8 Å². The van der Waals surface area contributed by atoms with Crippen LogP contribution in [-0.4, -0.2) is 30.3 Å². The molecule has 1 aromatic carbocycles. The highest BCUT2D eigenvalue weighted by Gasteiger charge is 2.05. The third-order valence-corrected chi connectivity index (χ3v) is 3.07. The molecule has 1 atom stereocenters. The number of aliphatic hydroxyl groups excluding tert-OH is 1. The number of carbonyl (C=O) groups is 1. The van der Waals surface area contributed by atoms with Crippen LogP contribution in [0.3, 0.4) is 0 Å². The second kappa shape index (κ2) is 8.53. The molecule has 4 heteroatoms. The van der Waals surface area contributed by atoms with Gasteiger partial charge in [-0.25, -0.2) is 4.79 Å². The van der Waals surface area contributed by atoms with Crippen LogP contribution in [0.25, 0.3) is 0 Å². The predicted molar refractivity (Wildman–Crippen MR) is 77.2 cm³/mol. The van der Waals surface area contributed by atoms with Crippen LogP contribution in [0.4, 0.5) is 4.79 Å². The number of rotatable bonds is 7. The SMILES string of the molecule is CCc1ccc(CCNC(=O)N[C@H](C)CCO)cc1. The lowest BCUT2D eigenvalue weighted by atomic mass is 10.1. The van der Waals surface area contributed by atoms with Gasteiger partial charge in [-0.1, -0.05) is 31.2 Å². The van der Waals surface area contributed by atoms with Crippen molar-refractivity contribution >= 4 is 6.03 Å². The van der Waals surface area contributed by atoms with E-state index in [4.69, 9.17) is 5.11 Å².